The first-order valence-corrected chi connectivity index (χ1v) is 14.6. The Bertz CT molecular complexity index is 1060. The molecule has 0 aromatic heterocycles. The Morgan fingerprint density at radius 3 is 1.30 bits per heavy atom. The molecule has 0 saturated heterocycles. The molecule has 0 radical (unpaired) electrons. The first-order valence-electron chi connectivity index (χ1n) is 11.7. The van der Waals surface area contributed by atoms with Crippen LogP contribution in [0.25, 0.3) is 5.53 Å². The van der Waals surface area contributed by atoms with Crippen molar-refractivity contribution in [2.75, 3.05) is 0 Å². The van der Waals surface area contributed by atoms with Crippen LogP contribution < -0.4 is 0 Å². The van der Waals surface area contributed by atoms with Gasteiger partial charge >= 0.3 is 4.38 Å². The number of nitrogens with zero attached hydrogens (tertiary/aromatic N) is 2. The summed E-state index contributed by atoms with van der Waals surface area (Å²) in [5, 5.41) is 0. The molecule has 180 valence electrons. The zero-order chi connectivity index (χ0) is 24.3. The van der Waals surface area contributed by atoms with Crippen molar-refractivity contribution in [3.8, 4) is 0 Å². The van der Waals surface area contributed by atoms with Gasteiger partial charge in [0.25, 0.3) is 19.7 Å². The molecule has 8 heteroatoms. The van der Waals surface area contributed by atoms with Crippen LogP contribution in [0.2, 0.25) is 0 Å². The highest BCUT2D eigenvalue weighted by Crippen LogP contribution is 2.22. The maximum Gasteiger partial charge on any atom is 0.504 e. The van der Waals surface area contributed by atoms with Gasteiger partial charge in [-0.3, -0.25) is 0 Å². The number of hydrogen-bond donors (Lipinski definition) is 0. The minimum Gasteiger partial charge on any atom is -0.359 e. The molecule has 0 heterocycles. The SMILES string of the molecule is CCCCCCc1ccc(S(=O)(=O)C(=[N+]=[N-])S(=O)(=O)c2ccc(CCCCCC)cc2)cc1. The molecular weight excluding hydrogens is 456 g/mol. The molecule has 0 aliphatic carbocycles. The average Bonchev–Trinajstić information content (AvgIpc) is 2.80. The highest BCUT2D eigenvalue weighted by Gasteiger charge is 2.43. The van der Waals surface area contributed by atoms with Crippen molar-refractivity contribution < 1.29 is 21.6 Å². The van der Waals surface area contributed by atoms with E-state index in [1.54, 1.807) is 24.3 Å². The Labute approximate surface area is 198 Å². The summed E-state index contributed by atoms with van der Waals surface area (Å²) in [6.07, 6.45) is 10.4. The second-order valence-corrected chi connectivity index (χ2v) is 12.3. The Balaban J connectivity index is 2.19. The Morgan fingerprint density at radius 1 is 0.636 bits per heavy atom. The summed E-state index contributed by atoms with van der Waals surface area (Å²) in [6, 6.07) is 12.2. The number of unbranched alkanes of at least 4 members (excludes halogenated alkanes) is 6. The van der Waals surface area contributed by atoms with Crippen molar-refractivity contribution in [3.05, 3.63) is 65.2 Å². The molecular formula is C25H34N2O4S2. The highest BCUT2D eigenvalue weighted by atomic mass is 32.3. The third kappa shape index (κ3) is 7.36. The first kappa shape index (κ1) is 27.0. The van der Waals surface area contributed by atoms with Crippen molar-refractivity contribution >= 4 is 24.1 Å². The van der Waals surface area contributed by atoms with Crippen LogP contribution in [0.1, 0.15) is 76.3 Å². The Kier molecular flexibility index (Phi) is 10.5. The van der Waals surface area contributed by atoms with Crippen LogP contribution in [0.4, 0.5) is 0 Å². The molecule has 0 saturated carbocycles. The van der Waals surface area contributed by atoms with Crippen LogP contribution in [-0.2, 0) is 32.5 Å². The van der Waals surface area contributed by atoms with Crippen LogP contribution >= 0.6 is 0 Å². The quantitative estimate of drug-likeness (QED) is 0.124. The lowest BCUT2D eigenvalue weighted by Gasteiger charge is -2.06. The molecule has 0 bridgehead atoms. The lowest BCUT2D eigenvalue weighted by molar-refractivity contribution is 0.00380. The summed E-state index contributed by atoms with van der Waals surface area (Å²) >= 11 is 0. The molecule has 2 aromatic carbocycles. The third-order valence-electron chi connectivity index (χ3n) is 5.65. The van der Waals surface area contributed by atoms with Gasteiger partial charge in [0.2, 0.25) is 0 Å². The summed E-state index contributed by atoms with van der Waals surface area (Å²) < 4.78 is 50.7. The zero-order valence-electron chi connectivity index (χ0n) is 19.5. The molecule has 0 amide bonds. The van der Waals surface area contributed by atoms with Crippen LogP contribution in [0.15, 0.2) is 58.3 Å². The summed E-state index contributed by atoms with van der Waals surface area (Å²) in [6.45, 7) is 4.27. The smallest absolute Gasteiger partial charge is 0.359 e. The van der Waals surface area contributed by atoms with E-state index in [0.29, 0.717) is 0 Å². The van der Waals surface area contributed by atoms with E-state index in [2.05, 4.69) is 18.6 Å². The highest BCUT2D eigenvalue weighted by molar-refractivity contribution is 8.31. The molecule has 0 aliphatic heterocycles. The largest absolute Gasteiger partial charge is 0.504 e. The standard InChI is InChI=1S/C25H34N2O4S2/c1-3-5-7-9-11-21-13-17-23(18-14-21)32(28,29)25(27-26)33(30,31)24-19-15-22(16-20-24)12-10-8-6-4-2/h13-20H,3-12H2,1-2H3. The normalized spacial score (nSPS) is 11.8. The fourth-order valence-corrected chi connectivity index (χ4v) is 6.98. The predicted octanol–water partition coefficient (Wildman–Crippen LogP) is 5.77. The molecule has 0 aliphatic rings. The number of aryl methyl sites for hydroxylation is 2. The van der Waals surface area contributed by atoms with Crippen molar-refractivity contribution in [2.45, 2.75) is 87.8 Å². The van der Waals surface area contributed by atoms with Gasteiger partial charge in [0.15, 0.2) is 0 Å². The molecule has 2 aromatic rings. The summed E-state index contributed by atoms with van der Waals surface area (Å²) in [5.41, 5.74) is 11.3. The second-order valence-electron chi connectivity index (χ2n) is 8.28. The Hall–Kier alpha value is -2.28. The van der Waals surface area contributed by atoms with Crippen LogP contribution in [0, 0.1) is 0 Å². The van der Waals surface area contributed by atoms with Gasteiger partial charge in [-0.1, -0.05) is 76.6 Å². The first-order chi connectivity index (χ1) is 15.8. The second kappa shape index (κ2) is 12.8. The molecule has 0 atom stereocenters. The average molecular weight is 491 g/mol. The lowest BCUT2D eigenvalue weighted by Crippen LogP contribution is -2.26. The fourth-order valence-electron chi connectivity index (χ4n) is 3.64. The monoisotopic (exact) mass is 490 g/mol. The van der Waals surface area contributed by atoms with E-state index in [4.69, 9.17) is 0 Å². The van der Waals surface area contributed by atoms with Crippen LogP contribution in [-0.4, -0.2) is 26.0 Å². The lowest BCUT2D eigenvalue weighted by atomic mass is 10.1. The maximum atomic E-state index is 13.0. The molecule has 33 heavy (non-hydrogen) atoms. The van der Waals surface area contributed by atoms with E-state index in [1.807, 2.05) is 0 Å². The summed E-state index contributed by atoms with van der Waals surface area (Å²) in [7, 11) is -9.04. The van der Waals surface area contributed by atoms with Crippen molar-refractivity contribution in [1.29, 1.82) is 0 Å². The van der Waals surface area contributed by atoms with Crippen LogP contribution in [0.3, 0.4) is 0 Å². The number of hydrogen-bond acceptors (Lipinski definition) is 4. The predicted molar refractivity (Wildman–Crippen MR) is 132 cm³/mol. The molecule has 2 rings (SSSR count). The maximum absolute atomic E-state index is 13.0. The van der Waals surface area contributed by atoms with E-state index in [0.717, 1.165) is 75.3 Å². The zero-order valence-corrected chi connectivity index (χ0v) is 21.2. The minimum absolute atomic E-state index is 0.219. The molecule has 0 N–H and O–H groups in total. The topological polar surface area (TPSA) is 105 Å². The van der Waals surface area contributed by atoms with E-state index >= 15 is 0 Å². The third-order valence-corrected chi connectivity index (χ3v) is 9.83. The van der Waals surface area contributed by atoms with E-state index < -0.39 is 24.1 Å². The van der Waals surface area contributed by atoms with Crippen LogP contribution in [0.5, 0.6) is 0 Å². The summed E-state index contributed by atoms with van der Waals surface area (Å²) in [5.74, 6) is 0. The van der Waals surface area contributed by atoms with E-state index in [1.165, 1.54) is 24.3 Å². The molecule has 0 fully saturated rings. The van der Waals surface area contributed by atoms with Gasteiger partial charge in [-0.25, -0.2) is 16.8 Å². The molecule has 0 unspecified atom stereocenters. The van der Waals surface area contributed by atoms with Gasteiger partial charge < -0.3 is 5.53 Å². The fraction of sp³-hybridized carbons (Fsp3) is 0.480. The van der Waals surface area contributed by atoms with E-state index in [9.17, 15) is 22.4 Å². The molecule has 6 nitrogen and oxygen atoms in total. The Morgan fingerprint density at radius 2 is 1.00 bits per heavy atom. The van der Waals surface area contributed by atoms with E-state index in [-0.39, 0.29) is 9.79 Å². The van der Waals surface area contributed by atoms with Gasteiger partial charge in [0, 0.05) is 0 Å². The van der Waals surface area contributed by atoms with Gasteiger partial charge in [-0.05, 0) is 61.1 Å². The number of sulfone groups is 2. The van der Waals surface area contributed by atoms with Gasteiger partial charge in [0.1, 0.15) is 0 Å². The minimum atomic E-state index is -4.52. The molecule has 0 spiro atoms. The van der Waals surface area contributed by atoms with Crippen molar-refractivity contribution in [1.82, 2.24) is 0 Å². The van der Waals surface area contributed by atoms with Crippen molar-refractivity contribution in [3.63, 3.8) is 0 Å². The van der Waals surface area contributed by atoms with Gasteiger partial charge in [-0.2, -0.15) is 0 Å². The number of benzene rings is 2. The van der Waals surface area contributed by atoms with Gasteiger partial charge in [-0.15, -0.1) is 4.79 Å². The summed E-state index contributed by atoms with van der Waals surface area (Å²) in [4.78, 5) is 2.27. The number of rotatable bonds is 12. The van der Waals surface area contributed by atoms with Crippen molar-refractivity contribution in [2.24, 2.45) is 0 Å². The van der Waals surface area contributed by atoms with Gasteiger partial charge in [0.05, 0.1) is 9.79 Å².